The van der Waals surface area contributed by atoms with Crippen molar-refractivity contribution in [1.82, 2.24) is 4.90 Å². The molecule has 2 N–H and O–H groups in total. The lowest BCUT2D eigenvalue weighted by Crippen LogP contribution is -2.47. The maximum Gasteiger partial charge on any atom is 0.226 e. The summed E-state index contributed by atoms with van der Waals surface area (Å²) >= 11 is 0. The van der Waals surface area contributed by atoms with Crippen LogP contribution in [-0.4, -0.2) is 29.9 Å². The number of halogens is 1. The van der Waals surface area contributed by atoms with Gasteiger partial charge in [-0.3, -0.25) is 4.79 Å². The number of carbonyl (C=O) groups excluding carboxylic acids is 1. The van der Waals surface area contributed by atoms with Gasteiger partial charge in [0.15, 0.2) is 0 Å². The summed E-state index contributed by atoms with van der Waals surface area (Å²) < 4.78 is 0. The summed E-state index contributed by atoms with van der Waals surface area (Å²) in [5, 5.41) is 0. The zero-order chi connectivity index (χ0) is 15.4. The van der Waals surface area contributed by atoms with Gasteiger partial charge in [-0.05, 0) is 30.7 Å². The Bertz CT molecular complexity index is 463. The Morgan fingerprint density at radius 1 is 1.32 bits per heavy atom. The second kappa shape index (κ2) is 8.54. The van der Waals surface area contributed by atoms with E-state index >= 15 is 0 Å². The molecule has 4 atom stereocenters. The number of piperidine rings is 1. The molecule has 1 amide bonds. The third-order valence-electron chi connectivity index (χ3n) is 4.98. The summed E-state index contributed by atoms with van der Waals surface area (Å²) in [6, 6.07) is 10.6. The molecular weight excluding hydrogens is 296 g/mol. The van der Waals surface area contributed by atoms with Crippen molar-refractivity contribution in [1.29, 1.82) is 0 Å². The van der Waals surface area contributed by atoms with Crippen LogP contribution in [-0.2, 0) is 4.79 Å². The van der Waals surface area contributed by atoms with Crippen molar-refractivity contribution in [2.45, 2.75) is 45.6 Å². The molecule has 22 heavy (non-hydrogen) atoms. The number of nitrogens with two attached hydrogens (primary N) is 1. The monoisotopic (exact) mass is 324 g/mol. The second-order valence-electron chi connectivity index (χ2n) is 6.41. The second-order valence-corrected chi connectivity index (χ2v) is 6.41. The summed E-state index contributed by atoms with van der Waals surface area (Å²) in [5.74, 6) is 1.25. The minimum absolute atomic E-state index is 0. The zero-order valence-electron chi connectivity index (χ0n) is 13.9. The highest BCUT2D eigenvalue weighted by molar-refractivity contribution is 5.85. The molecule has 0 aromatic heterocycles. The first-order valence-corrected chi connectivity index (χ1v) is 8.13. The van der Waals surface area contributed by atoms with E-state index in [1.807, 2.05) is 18.7 Å². The van der Waals surface area contributed by atoms with Crippen molar-refractivity contribution in [3.63, 3.8) is 0 Å². The van der Waals surface area contributed by atoms with E-state index in [0.29, 0.717) is 11.8 Å². The number of nitrogens with zero attached hydrogens (tertiary/aromatic N) is 1. The average molecular weight is 325 g/mol. The number of benzene rings is 1. The van der Waals surface area contributed by atoms with E-state index in [4.69, 9.17) is 5.73 Å². The lowest BCUT2D eigenvalue weighted by atomic mass is 9.79. The Morgan fingerprint density at radius 3 is 2.50 bits per heavy atom. The molecule has 1 heterocycles. The van der Waals surface area contributed by atoms with E-state index in [0.717, 1.165) is 25.9 Å². The molecule has 1 saturated heterocycles. The Morgan fingerprint density at radius 2 is 1.95 bits per heavy atom. The maximum atomic E-state index is 12.5. The van der Waals surface area contributed by atoms with Crippen LogP contribution in [0.15, 0.2) is 30.3 Å². The summed E-state index contributed by atoms with van der Waals surface area (Å²) in [6.45, 7) is 7.80. The van der Waals surface area contributed by atoms with E-state index < -0.39 is 0 Å². The SMILES string of the molecule is CCC1CN(C(=O)C(C)C(C)N)CCC1c1ccccc1.Cl. The topological polar surface area (TPSA) is 46.3 Å². The summed E-state index contributed by atoms with van der Waals surface area (Å²) in [7, 11) is 0. The van der Waals surface area contributed by atoms with Crippen LogP contribution < -0.4 is 5.73 Å². The molecule has 0 aliphatic carbocycles. The van der Waals surface area contributed by atoms with Crippen LogP contribution in [0.1, 0.15) is 45.1 Å². The number of amides is 1. The maximum absolute atomic E-state index is 12.5. The van der Waals surface area contributed by atoms with Crippen molar-refractivity contribution in [3.8, 4) is 0 Å². The normalized spacial score (nSPS) is 24.3. The average Bonchev–Trinajstić information content (AvgIpc) is 2.53. The molecule has 1 fully saturated rings. The minimum Gasteiger partial charge on any atom is -0.342 e. The van der Waals surface area contributed by atoms with Crippen LogP contribution in [0.2, 0.25) is 0 Å². The highest BCUT2D eigenvalue weighted by atomic mass is 35.5. The number of carbonyl (C=O) groups is 1. The molecule has 1 aliphatic heterocycles. The van der Waals surface area contributed by atoms with E-state index in [-0.39, 0.29) is 30.3 Å². The summed E-state index contributed by atoms with van der Waals surface area (Å²) in [4.78, 5) is 14.5. The van der Waals surface area contributed by atoms with Crippen LogP contribution in [0.5, 0.6) is 0 Å². The molecule has 1 aromatic rings. The highest BCUT2D eigenvalue weighted by Gasteiger charge is 2.33. The molecule has 4 heteroatoms. The Kier molecular flexibility index (Phi) is 7.37. The predicted octanol–water partition coefficient (Wildman–Crippen LogP) is 3.43. The smallest absolute Gasteiger partial charge is 0.226 e. The quantitative estimate of drug-likeness (QED) is 0.922. The predicted molar refractivity (Wildman–Crippen MR) is 94.2 cm³/mol. The lowest BCUT2D eigenvalue weighted by molar-refractivity contribution is -0.137. The Labute approximate surface area is 140 Å². The molecular formula is C18H29ClN2O. The molecule has 4 unspecified atom stereocenters. The fourth-order valence-electron chi connectivity index (χ4n) is 3.30. The molecule has 0 bridgehead atoms. The van der Waals surface area contributed by atoms with Crippen molar-refractivity contribution < 1.29 is 4.79 Å². The first kappa shape index (κ1) is 19.0. The molecule has 2 rings (SSSR count). The van der Waals surface area contributed by atoms with E-state index in [2.05, 4.69) is 37.3 Å². The Balaban J connectivity index is 0.00000242. The van der Waals surface area contributed by atoms with Gasteiger partial charge in [0.05, 0.1) is 5.92 Å². The standard InChI is InChI=1S/C18H28N2O.ClH/c1-4-15-12-20(18(21)13(2)14(3)19)11-10-17(15)16-8-6-5-7-9-16;/h5-9,13-15,17H,4,10-12,19H2,1-3H3;1H. The van der Waals surface area contributed by atoms with Gasteiger partial charge in [-0.25, -0.2) is 0 Å². The largest absolute Gasteiger partial charge is 0.342 e. The van der Waals surface area contributed by atoms with Crippen molar-refractivity contribution in [2.24, 2.45) is 17.6 Å². The molecule has 1 aromatic carbocycles. The first-order chi connectivity index (χ1) is 10.0. The van der Waals surface area contributed by atoms with E-state index in [1.165, 1.54) is 5.56 Å². The fraction of sp³-hybridized carbons (Fsp3) is 0.611. The van der Waals surface area contributed by atoms with Crippen LogP contribution in [0.3, 0.4) is 0 Å². The van der Waals surface area contributed by atoms with Crippen molar-refractivity contribution in [3.05, 3.63) is 35.9 Å². The van der Waals surface area contributed by atoms with Gasteiger partial charge >= 0.3 is 0 Å². The van der Waals surface area contributed by atoms with Gasteiger partial charge in [0, 0.05) is 19.1 Å². The summed E-state index contributed by atoms with van der Waals surface area (Å²) in [6.07, 6.45) is 2.16. The zero-order valence-corrected chi connectivity index (χ0v) is 14.7. The van der Waals surface area contributed by atoms with Gasteiger partial charge in [-0.15, -0.1) is 12.4 Å². The fourth-order valence-corrected chi connectivity index (χ4v) is 3.30. The molecule has 0 spiro atoms. The minimum atomic E-state index is -0.0872. The van der Waals surface area contributed by atoms with Crippen LogP contribution in [0, 0.1) is 11.8 Å². The number of rotatable bonds is 4. The van der Waals surface area contributed by atoms with Crippen LogP contribution in [0.4, 0.5) is 0 Å². The lowest BCUT2D eigenvalue weighted by Gasteiger charge is -2.40. The van der Waals surface area contributed by atoms with Crippen molar-refractivity contribution >= 4 is 18.3 Å². The molecule has 0 radical (unpaired) electrons. The third-order valence-corrected chi connectivity index (χ3v) is 4.98. The van der Waals surface area contributed by atoms with Crippen LogP contribution in [0.25, 0.3) is 0 Å². The first-order valence-electron chi connectivity index (χ1n) is 8.13. The molecule has 3 nitrogen and oxygen atoms in total. The number of hydrogen-bond acceptors (Lipinski definition) is 2. The van der Waals surface area contributed by atoms with Crippen molar-refractivity contribution in [2.75, 3.05) is 13.1 Å². The van der Waals surface area contributed by atoms with Gasteiger partial charge in [-0.1, -0.05) is 50.6 Å². The Hall–Kier alpha value is -1.06. The third kappa shape index (κ3) is 4.23. The van der Waals surface area contributed by atoms with Gasteiger partial charge < -0.3 is 10.6 Å². The van der Waals surface area contributed by atoms with Crippen LogP contribution >= 0.6 is 12.4 Å². The molecule has 0 saturated carbocycles. The van der Waals surface area contributed by atoms with E-state index in [1.54, 1.807) is 0 Å². The van der Waals surface area contributed by atoms with E-state index in [9.17, 15) is 4.79 Å². The molecule has 124 valence electrons. The van der Waals surface area contributed by atoms with Gasteiger partial charge in [-0.2, -0.15) is 0 Å². The number of hydrogen-bond donors (Lipinski definition) is 1. The van der Waals surface area contributed by atoms with Gasteiger partial charge in [0.2, 0.25) is 5.91 Å². The van der Waals surface area contributed by atoms with Gasteiger partial charge in [0.25, 0.3) is 0 Å². The molecule has 1 aliphatic rings. The highest BCUT2D eigenvalue weighted by Crippen LogP contribution is 2.35. The summed E-state index contributed by atoms with van der Waals surface area (Å²) in [5.41, 5.74) is 7.30. The number of likely N-dealkylation sites (tertiary alicyclic amines) is 1. The van der Waals surface area contributed by atoms with Gasteiger partial charge in [0.1, 0.15) is 0 Å².